The third-order valence-electron chi connectivity index (χ3n) is 5.73. The molecular formula is C24H24Cl3N5O3. The summed E-state index contributed by atoms with van der Waals surface area (Å²) >= 11 is 18.8. The Bertz CT molecular complexity index is 1240. The SMILES string of the molecule is COC(=O)N(C)c1c(C(=O)NN2CCCCC2)nn(-c2ccc(Cl)cc2Cl)c1-c1ccc(Cl)cc1. The van der Waals surface area contributed by atoms with Gasteiger partial charge in [-0.15, -0.1) is 0 Å². The van der Waals surface area contributed by atoms with Crippen molar-refractivity contribution in [2.45, 2.75) is 19.3 Å². The van der Waals surface area contributed by atoms with E-state index in [1.54, 1.807) is 42.5 Å². The van der Waals surface area contributed by atoms with Gasteiger partial charge in [-0.05, 0) is 43.2 Å². The first kappa shape index (κ1) is 25.3. The lowest BCUT2D eigenvalue weighted by molar-refractivity contribution is 0.0745. The lowest BCUT2D eigenvalue weighted by Crippen LogP contribution is -2.45. The molecule has 4 rings (SSSR count). The van der Waals surface area contributed by atoms with Crippen LogP contribution in [-0.4, -0.2) is 54.0 Å². The number of rotatable bonds is 5. The first-order chi connectivity index (χ1) is 16.8. The lowest BCUT2D eigenvalue weighted by Gasteiger charge is -2.26. The predicted octanol–water partition coefficient (Wildman–Crippen LogP) is 5.83. The summed E-state index contributed by atoms with van der Waals surface area (Å²) in [5, 5.41) is 7.82. The van der Waals surface area contributed by atoms with E-state index < -0.39 is 12.0 Å². The number of benzene rings is 2. The van der Waals surface area contributed by atoms with Crippen molar-refractivity contribution in [1.29, 1.82) is 0 Å². The van der Waals surface area contributed by atoms with Gasteiger partial charge >= 0.3 is 6.09 Å². The monoisotopic (exact) mass is 535 g/mol. The highest BCUT2D eigenvalue weighted by Gasteiger charge is 2.31. The number of carbonyl (C=O) groups excluding carboxylic acids is 2. The van der Waals surface area contributed by atoms with Gasteiger partial charge in [0.05, 0.1) is 23.5 Å². The summed E-state index contributed by atoms with van der Waals surface area (Å²) < 4.78 is 6.49. The van der Waals surface area contributed by atoms with Gasteiger partial charge in [0.15, 0.2) is 5.69 Å². The van der Waals surface area contributed by atoms with Crippen molar-refractivity contribution >= 4 is 52.5 Å². The van der Waals surface area contributed by atoms with Crippen molar-refractivity contribution in [1.82, 2.24) is 20.2 Å². The van der Waals surface area contributed by atoms with Gasteiger partial charge in [-0.25, -0.2) is 14.5 Å². The number of nitrogens with one attached hydrogen (secondary N) is 1. The van der Waals surface area contributed by atoms with Crippen molar-refractivity contribution in [2.24, 2.45) is 0 Å². The van der Waals surface area contributed by atoms with Crippen LogP contribution in [0, 0.1) is 0 Å². The molecule has 8 nitrogen and oxygen atoms in total. The van der Waals surface area contributed by atoms with E-state index in [0.29, 0.717) is 32.0 Å². The van der Waals surface area contributed by atoms with E-state index in [1.807, 2.05) is 5.01 Å². The topological polar surface area (TPSA) is 79.7 Å². The van der Waals surface area contributed by atoms with Crippen LogP contribution in [0.25, 0.3) is 16.9 Å². The molecule has 0 aliphatic carbocycles. The second-order valence-electron chi connectivity index (χ2n) is 8.08. The molecule has 184 valence electrons. The van der Waals surface area contributed by atoms with E-state index in [1.165, 1.54) is 23.7 Å². The molecule has 3 aromatic rings. The zero-order valence-electron chi connectivity index (χ0n) is 19.2. The van der Waals surface area contributed by atoms with Crippen LogP contribution in [0.2, 0.25) is 15.1 Å². The molecule has 1 aliphatic heterocycles. The smallest absolute Gasteiger partial charge is 0.413 e. The quantitative estimate of drug-likeness (QED) is 0.444. The standard InChI is InChI=1S/C24H24Cl3N5O3/c1-30(24(34)35-2)22-20(23(33)29-31-12-4-3-5-13-31)28-32(19-11-10-17(26)14-18(19)27)21(22)15-6-8-16(25)9-7-15/h6-11,14H,3-5,12-13H2,1-2H3,(H,29,33). The minimum absolute atomic E-state index is 0.0411. The molecule has 1 aromatic heterocycles. The molecule has 35 heavy (non-hydrogen) atoms. The van der Waals surface area contributed by atoms with Gasteiger partial charge in [-0.1, -0.05) is 53.4 Å². The number of anilines is 1. The highest BCUT2D eigenvalue weighted by molar-refractivity contribution is 6.35. The first-order valence-corrected chi connectivity index (χ1v) is 12.2. The van der Waals surface area contributed by atoms with Crippen molar-refractivity contribution < 1.29 is 14.3 Å². The molecule has 2 heterocycles. The minimum atomic E-state index is -0.658. The maximum Gasteiger partial charge on any atom is 0.413 e. The number of methoxy groups -OCH3 is 1. The average Bonchev–Trinajstić information content (AvgIpc) is 3.24. The van der Waals surface area contributed by atoms with Crippen molar-refractivity contribution in [3.8, 4) is 16.9 Å². The number of piperidine rings is 1. The summed E-state index contributed by atoms with van der Waals surface area (Å²) in [6, 6.07) is 11.9. The van der Waals surface area contributed by atoms with Gasteiger partial charge in [-0.2, -0.15) is 5.10 Å². The largest absolute Gasteiger partial charge is 0.452 e. The summed E-state index contributed by atoms with van der Waals surface area (Å²) in [6.07, 6.45) is 2.43. The molecule has 0 bridgehead atoms. The van der Waals surface area contributed by atoms with Gasteiger partial charge in [-0.3, -0.25) is 15.1 Å². The Balaban J connectivity index is 1.94. The number of carbonyl (C=O) groups is 2. The molecule has 0 atom stereocenters. The lowest BCUT2D eigenvalue weighted by atomic mass is 10.1. The third kappa shape index (κ3) is 5.41. The highest BCUT2D eigenvalue weighted by atomic mass is 35.5. The Kier molecular flexibility index (Phi) is 7.86. The fourth-order valence-electron chi connectivity index (χ4n) is 4.01. The summed E-state index contributed by atoms with van der Waals surface area (Å²) in [6.45, 7) is 1.48. The number of halogens is 3. The van der Waals surface area contributed by atoms with E-state index in [2.05, 4.69) is 10.5 Å². The van der Waals surface area contributed by atoms with Gasteiger partial charge < -0.3 is 4.74 Å². The van der Waals surface area contributed by atoms with Crippen LogP contribution >= 0.6 is 34.8 Å². The Hall–Kier alpha value is -2.78. The maximum absolute atomic E-state index is 13.5. The minimum Gasteiger partial charge on any atom is -0.452 e. The Morgan fingerprint density at radius 2 is 1.66 bits per heavy atom. The molecule has 11 heteroatoms. The average molecular weight is 537 g/mol. The number of hydrazine groups is 1. The Morgan fingerprint density at radius 3 is 2.29 bits per heavy atom. The second-order valence-corrected chi connectivity index (χ2v) is 9.36. The van der Waals surface area contributed by atoms with Gasteiger partial charge in [0, 0.05) is 35.7 Å². The fraction of sp³-hybridized carbons (Fsp3) is 0.292. The highest BCUT2D eigenvalue weighted by Crippen LogP contribution is 2.38. The second kappa shape index (κ2) is 10.9. The normalized spacial score (nSPS) is 14.0. The molecule has 0 spiro atoms. The number of hydrogen-bond acceptors (Lipinski definition) is 5. The van der Waals surface area contributed by atoms with E-state index in [9.17, 15) is 9.59 Å². The Labute approximate surface area is 218 Å². The maximum atomic E-state index is 13.5. The van der Waals surface area contributed by atoms with Gasteiger partial charge in [0.2, 0.25) is 0 Å². The molecule has 1 N–H and O–H groups in total. The molecule has 0 saturated carbocycles. The molecule has 1 fully saturated rings. The van der Waals surface area contributed by atoms with E-state index in [4.69, 9.17) is 39.5 Å². The fourth-order valence-corrected chi connectivity index (χ4v) is 4.62. The van der Waals surface area contributed by atoms with Crippen LogP contribution in [0.4, 0.5) is 10.5 Å². The Morgan fingerprint density at radius 1 is 1.00 bits per heavy atom. The van der Waals surface area contributed by atoms with E-state index >= 15 is 0 Å². The van der Waals surface area contributed by atoms with Crippen molar-refractivity contribution in [3.63, 3.8) is 0 Å². The summed E-state index contributed by atoms with van der Waals surface area (Å²) in [5.74, 6) is -0.447. The van der Waals surface area contributed by atoms with E-state index in [-0.39, 0.29) is 11.4 Å². The van der Waals surface area contributed by atoms with Crippen LogP contribution in [0.3, 0.4) is 0 Å². The number of amides is 2. The molecule has 0 unspecified atom stereocenters. The van der Waals surface area contributed by atoms with Crippen LogP contribution in [0.15, 0.2) is 42.5 Å². The van der Waals surface area contributed by atoms with Crippen LogP contribution in [0.1, 0.15) is 29.8 Å². The predicted molar refractivity (Wildman–Crippen MR) is 138 cm³/mol. The number of aromatic nitrogens is 2. The van der Waals surface area contributed by atoms with Crippen molar-refractivity contribution in [3.05, 3.63) is 63.2 Å². The van der Waals surface area contributed by atoms with Crippen LogP contribution in [0.5, 0.6) is 0 Å². The zero-order chi connectivity index (χ0) is 25.1. The van der Waals surface area contributed by atoms with Gasteiger partial charge in [0.1, 0.15) is 5.69 Å². The van der Waals surface area contributed by atoms with E-state index in [0.717, 1.165) is 32.4 Å². The summed E-state index contributed by atoms with van der Waals surface area (Å²) in [7, 11) is 2.79. The number of hydrogen-bond donors (Lipinski definition) is 1. The van der Waals surface area contributed by atoms with Crippen LogP contribution in [-0.2, 0) is 4.74 Å². The molecule has 1 aliphatic rings. The third-order valence-corrected chi connectivity index (χ3v) is 6.52. The van der Waals surface area contributed by atoms with Crippen LogP contribution < -0.4 is 10.3 Å². The first-order valence-electron chi connectivity index (χ1n) is 11.0. The van der Waals surface area contributed by atoms with Gasteiger partial charge in [0.25, 0.3) is 5.91 Å². The van der Waals surface area contributed by atoms with Crippen molar-refractivity contribution in [2.75, 3.05) is 32.1 Å². The number of nitrogens with zero attached hydrogens (tertiary/aromatic N) is 4. The zero-order valence-corrected chi connectivity index (χ0v) is 21.5. The molecule has 2 amide bonds. The molecule has 2 aromatic carbocycles. The molecule has 0 radical (unpaired) electrons. The number of ether oxygens (including phenoxy) is 1. The summed E-state index contributed by atoms with van der Waals surface area (Å²) in [5.41, 5.74) is 4.84. The molecular weight excluding hydrogens is 513 g/mol. The molecule has 1 saturated heterocycles. The summed E-state index contributed by atoms with van der Waals surface area (Å²) in [4.78, 5) is 27.4.